The minimum Gasteiger partial charge on any atom is -0.361 e. The van der Waals surface area contributed by atoms with Gasteiger partial charge < -0.3 is 14.7 Å². The van der Waals surface area contributed by atoms with E-state index in [1.807, 2.05) is 36.3 Å². The maximum absolute atomic E-state index is 12.8. The first-order chi connectivity index (χ1) is 12.0. The zero-order valence-corrected chi connectivity index (χ0v) is 15.1. The summed E-state index contributed by atoms with van der Waals surface area (Å²) in [5, 5.41) is 8.95. The first-order valence-corrected chi connectivity index (χ1v) is 9.46. The molecule has 7 heteroatoms. The van der Waals surface area contributed by atoms with Gasteiger partial charge in [0.25, 0.3) is 5.91 Å². The number of carbonyl (C=O) groups excluding carboxylic acids is 2. The van der Waals surface area contributed by atoms with E-state index >= 15 is 0 Å². The molecule has 2 fully saturated rings. The quantitative estimate of drug-likeness (QED) is 0.909. The molecule has 2 aromatic rings. The van der Waals surface area contributed by atoms with E-state index < -0.39 is 0 Å². The van der Waals surface area contributed by atoms with Crippen LogP contribution in [0.1, 0.15) is 39.5 Å². The van der Waals surface area contributed by atoms with Gasteiger partial charge in [0.05, 0.1) is 23.0 Å². The number of nitrogens with one attached hydrogen (secondary N) is 1. The van der Waals surface area contributed by atoms with E-state index in [0.717, 1.165) is 35.5 Å². The van der Waals surface area contributed by atoms with Crippen molar-refractivity contribution in [3.63, 3.8) is 0 Å². The average molecular weight is 359 g/mol. The van der Waals surface area contributed by atoms with Crippen molar-refractivity contribution in [3.8, 4) is 0 Å². The number of likely N-dealkylation sites (tertiary alicyclic amines) is 1. The van der Waals surface area contributed by atoms with Crippen molar-refractivity contribution in [2.24, 2.45) is 5.92 Å². The predicted octanol–water partition coefficient (Wildman–Crippen LogP) is 2.31. The van der Waals surface area contributed by atoms with Gasteiger partial charge in [-0.05, 0) is 44.1 Å². The predicted molar refractivity (Wildman–Crippen MR) is 93.5 cm³/mol. The third-order valence-corrected chi connectivity index (χ3v) is 6.24. The van der Waals surface area contributed by atoms with Crippen LogP contribution in [0.5, 0.6) is 0 Å². The highest BCUT2D eigenvalue weighted by Gasteiger charge is 2.47. The number of carbonyl (C=O) groups is 2. The fourth-order valence-corrected chi connectivity index (χ4v) is 4.75. The van der Waals surface area contributed by atoms with E-state index in [1.54, 1.807) is 0 Å². The molecule has 1 aliphatic heterocycles. The molecule has 2 bridgehead atoms. The lowest BCUT2D eigenvalue weighted by Crippen LogP contribution is -2.52. The molecule has 0 unspecified atom stereocenters. The fourth-order valence-electron chi connectivity index (χ4n) is 4.12. The second-order valence-electron chi connectivity index (χ2n) is 6.99. The molecule has 1 N–H and O–H groups in total. The Hall–Kier alpha value is -2.15. The molecule has 3 atom stereocenters. The molecule has 1 saturated heterocycles. The zero-order chi connectivity index (χ0) is 17.6. The molecule has 132 valence electrons. The third-order valence-electron chi connectivity index (χ3n) is 5.37. The number of rotatable bonds is 4. The Balaban J connectivity index is 1.44. The summed E-state index contributed by atoms with van der Waals surface area (Å²) in [7, 11) is 0. The first-order valence-electron chi connectivity index (χ1n) is 8.58. The number of aromatic nitrogens is 1. The number of fused-ring (bicyclic) bond motifs is 2. The van der Waals surface area contributed by atoms with Gasteiger partial charge in [-0.3, -0.25) is 9.59 Å². The number of thiophene rings is 1. The van der Waals surface area contributed by atoms with Gasteiger partial charge >= 0.3 is 0 Å². The summed E-state index contributed by atoms with van der Waals surface area (Å²) in [6.45, 7) is 4.49. The number of nitrogens with zero attached hydrogens (tertiary/aromatic N) is 2. The smallest absolute Gasteiger partial charge is 0.261 e. The van der Waals surface area contributed by atoms with Crippen LogP contribution < -0.4 is 5.32 Å². The Morgan fingerprint density at radius 1 is 1.40 bits per heavy atom. The van der Waals surface area contributed by atoms with Crippen molar-refractivity contribution in [2.75, 3.05) is 6.54 Å². The van der Waals surface area contributed by atoms with Crippen molar-refractivity contribution in [1.82, 2.24) is 15.4 Å². The number of piperidine rings is 1. The van der Waals surface area contributed by atoms with E-state index in [0.29, 0.717) is 18.1 Å². The lowest BCUT2D eigenvalue weighted by Gasteiger charge is -2.33. The molecule has 1 saturated carbocycles. The van der Waals surface area contributed by atoms with Crippen molar-refractivity contribution >= 4 is 23.2 Å². The van der Waals surface area contributed by atoms with E-state index in [-0.39, 0.29) is 23.9 Å². The Bertz CT molecular complexity index is 779. The van der Waals surface area contributed by atoms with Crippen LogP contribution in [0, 0.1) is 19.8 Å². The molecule has 4 rings (SSSR count). The summed E-state index contributed by atoms with van der Waals surface area (Å²) >= 11 is 1.44. The van der Waals surface area contributed by atoms with Crippen LogP contribution in [0.4, 0.5) is 0 Å². The number of aryl methyl sites for hydroxylation is 2. The van der Waals surface area contributed by atoms with Gasteiger partial charge in [-0.2, -0.15) is 0 Å². The molecule has 2 aromatic heterocycles. The highest BCUT2D eigenvalue weighted by molar-refractivity contribution is 7.12. The maximum atomic E-state index is 12.8. The Labute approximate surface area is 150 Å². The largest absolute Gasteiger partial charge is 0.361 e. The fraction of sp³-hybridized carbons (Fsp3) is 0.500. The van der Waals surface area contributed by atoms with Crippen LogP contribution in [0.2, 0.25) is 0 Å². The Kier molecular flexibility index (Phi) is 4.11. The SMILES string of the molecule is Cc1noc(C)c1CC(=O)N1C[C@@H]2C[C@H](NC(=O)c3cccs3)[C@H]1C2. The molecule has 6 nitrogen and oxygen atoms in total. The molecular formula is C18H21N3O3S. The number of hydrogen-bond acceptors (Lipinski definition) is 5. The van der Waals surface area contributed by atoms with Gasteiger partial charge in [-0.1, -0.05) is 11.2 Å². The van der Waals surface area contributed by atoms with Crippen molar-refractivity contribution in [2.45, 2.75) is 45.2 Å². The normalized spacial score (nSPS) is 24.7. The molecular weight excluding hydrogens is 338 g/mol. The average Bonchev–Trinajstić information content (AvgIpc) is 3.35. The molecule has 2 amide bonds. The van der Waals surface area contributed by atoms with Crippen molar-refractivity contribution in [1.29, 1.82) is 0 Å². The summed E-state index contributed by atoms with van der Waals surface area (Å²) in [5.74, 6) is 1.24. The molecule has 3 heterocycles. The van der Waals surface area contributed by atoms with E-state index in [1.165, 1.54) is 11.3 Å². The minimum atomic E-state index is -0.0364. The summed E-state index contributed by atoms with van der Waals surface area (Å²) in [6.07, 6.45) is 2.25. The second-order valence-corrected chi connectivity index (χ2v) is 7.94. The van der Waals surface area contributed by atoms with Crippen LogP contribution in [-0.4, -0.2) is 40.5 Å². The zero-order valence-electron chi connectivity index (χ0n) is 14.3. The Morgan fingerprint density at radius 3 is 2.88 bits per heavy atom. The van der Waals surface area contributed by atoms with Gasteiger partial charge in [-0.25, -0.2) is 0 Å². The number of hydrogen-bond donors (Lipinski definition) is 1. The summed E-state index contributed by atoms with van der Waals surface area (Å²) in [5.41, 5.74) is 1.66. The molecule has 0 radical (unpaired) electrons. The molecule has 0 aromatic carbocycles. The van der Waals surface area contributed by atoms with Gasteiger partial charge in [0.15, 0.2) is 0 Å². The molecule has 0 spiro atoms. The highest BCUT2D eigenvalue weighted by Crippen LogP contribution is 2.38. The van der Waals surface area contributed by atoms with E-state index in [4.69, 9.17) is 4.52 Å². The van der Waals surface area contributed by atoms with Crippen LogP contribution >= 0.6 is 11.3 Å². The lowest BCUT2D eigenvalue weighted by molar-refractivity contribution is -0.132. The first kappa shape index (κ1) is 16.3. The van der Waals surface area contributed by atoms with Crippen LogP contribution in [0.15, 0.2) is 22.0 Å². The monoisotopic (exact) mass is 359 g/mol. The second kappa shape index (κ2) is 6.29. The van der Waals surface area contributed by atoms with Crippen molar-refractivity contribution in [3.05, 3.63) is 39.4 Å². The minimum absolute atomic E-state index is 0.0364. The third kappa shape index (κ3) is 2.97. The van der Waals surface area contributed by atoms with E-state index in [9.17, 15) is 9.59 Å². The Morgan fingerprint density at radius 2 is 2.24 bits per heavy atom. The van der Waals surface area contributed by atoms with Gasteiger partial charge in [0, 0.05) is 18.2 Å². The molecule has 1 aliphatic carbocycles. The summed E-state index contributed by atoms with van der Waals surface area (Å²) in [6, 6.07) is 3.84. The topological polar surface area (TPSA) is 75.4 Å². The lowest BCUT2D eigenvalue weighted by atomic mass is 10.0. The van der Waals surface area contributed by atoms with Gasteiger partial charge in [0.1, 0.15) is 5.76 Å². The van der Waals surface area contributed by atoms with Crippen LogP contribution in [0.25, 0.3) is 0 Å². The maximum Gasteiger partial charge on any atom is 0.261 e. The molecule has 25 heavy (non-hydrogen) atoms. The summed E-state index contributed by atoms with van der Waals surface area (Å²) < 4.78 is 5.16. The number of amides is 2. The van der Waals surface area contributed by atoms with Crippen LogP contribution in [0.3, 0.4) is 0 Å². The summed E-state index contributed by atoms with van der Waals surface area (Å²) in [4.78, 5) is 27.8. The highest BCUT2D eigenvalue weighted by atomic mass is 32.1. The van der Waals surface area contributed by atoms with Crippen LogP contribution in [-0.2, 0) is 11.2 Å². The van der Waals surface area contributed by atoms with E-state index in [2.05, 4.69) is 10.5 Å². The van der Waals surface area contributed by atoms with Gasteiger partial charge in [0.2, 0.25) is 5.91 Å². The standard InChI is InChI=1S/C18H21N3O3S/c1-10-13(11(2)24-20-10)8-17(22)21-9-12-6-14(15(21)7-12)19-18(23)16-4-3-5-25-16/h3-5,12,14-15H,6-9H2,1-2H3,(H,19,23)/t12-,14+,15-/m1/s1. The molecule has 2 aliphatic rings. The van der Waals surface area contributed by atoms with Gasteiger partial charge in [-0.15, -0.1) is 11.3 Å². The van der Waals surface area contributed by atoms with Crippen molar-refractivity contribution < 1.29 is 14.1 Å².